The summed E-state index contributed by atoms with van der Waals surface area (Å²) in [5.74, 6) is 0. The molecule has 1 N–H and O–H groups in total. The molecule has 0 spiro atoms. The number of hydrogen-bond donors (Lipinski definition) is 1. The second-order valence-electron chi connectivity index (χ2n) is 3.31. The van der Waals surface area contributed by atoms with Crippen LogP contribution in [0.3, 0.4) is 0 Å². The van der Waals surface area contributed by atoms with E-state index in [0.29, 0.717) is 12.8 Å². The van der Waals surface area contributed by atoms with Crippen LogP contribution >= 0.6 is 0 Å². The fourth-order valence-corrected chi connectivity index (χ4v) is 0.818. The topological polar surface area (TPSA) is 72.8 Å². The Balaban J connectivity index is 4.00. The predicted octanol–water partition coefficient (Wildman–Crippen LogP) is 2.56. The van der Waals surface area contributed by atoms with E-state index in [4.69, 9.17) is 9.84 Å². The maximum Gasteiger partial charge on any atom is 0.519 e. The predicted molar refractivity (Wildman–Crippen MR) is 49.1 cm³/mol. The van der Waals surface area contributed by atoms with Gasteiger partial charge in [0.05, 0.1) is 0 Å². The van der Waals surface area contributed by atoms with Crippen molar-refractivity contribution in [2.24, 2.45) is 0 Å². The zero-order valence-corrected chi connectivity index (χ0v) is 8.28. The second kappa shape index (κ2) is 5.26. The third-order valence-electron chi connectivity index (χ3n) is 1.48. The molecule has 80 valence electrons. The molecule has 0 saturated heterocycles. The minimum absolute atomic E-state index is 0.561. The van der Waals surface area contributed by atoms with Crippen LogP contribution in [0.1, 0.15) is 26.7 Å². The van der Waals surface area contributed by atoms with Crippen LogP contribution in [0.25, 0.3) is 0 Å². The molecule has 0 saturated carbocycles. The van der Waals surface area contributed by atoms with Crippen LogP contribution in [-0.4, -0.2) is 23.0 Å². The Morgan fingerprint density at radius 1 is 1.50 bits per heavy atom. The Bertz CT molecular complexity index is 231. The Labute approximate surface area is 82.3 Å². The van der Waals surface area contributed by atoms with E-state index in [9.17, 15) is 9.59 Å². The molecule has 0 aliphatic carbocycles. The molecule has 0 heterocycles. The smallest absolute Gasteiger partial charge is 0.449 e. The standard InChI is InChI=1S/C9H14O5/c1-4-5-6-9(2,3)14-8(12)13-7(10)11/h4H,1,5-6H2,2-3H3,(H,10,11). The highest BCUT2D eigenvalue weighted by Gasteiger charge is 2.24. The van der Waals surface area contributed by atoms with Gasteiger partial charge in [-0.3, -0.25) is 0 Å². The van der Waals surface area contributed by atoms with Gasteiger partial charge in [-0.2, -0.15) is 0 Å². The molecule has 0 rings (SSSR count). The number of carboxylic acid groups (broad SMARTS) is 1. The fraction of sp³-hybridized carbons (Fsp3) is 0.556. The molecular weight excluding hydrogens is 188 g/mol. The van der Waals surface area contributed by atoms with Crippen LogP contribution in [0, 0.1) is 0 Å². The van der Waals surface area contributed by atoms with Crippen molar-refractivity contribution in [3.05, 3.63) is 12.7 Å². The molecule has 0 radical (unpaired) electrons. The molecule has 0 aromatic rings. The van der Waals surface area contributed by atoms with Crippen molar-refractivity contribution in [1.29, 1.82) is 0 Å². The normalized spacial score (nSPS) is 10.4. The lowest BCUT2D eigenvalue weighted by atomic mass is 10.0. The first kappa shape index (κ1) is 12.5. The summed E-state index contributed by atoms with van der Waals surface area (Å²) in [7, 11) is 0. The van der Waals surface area contributed by atoms with E-state index in [2.05, 4.69) is 11.3 Å². The van der Waals surface area contributed by atoms with Crippen LogP contribution in [0.2, 0.25) is 0 Å². The summed E-state index contributed by atoms with van der Waals surface area (Å²) < 4.78 is 8.56. The summed E-state index contributed by atoms with van der Waals surface area (Å²) in [5, 5.41) is 8.12. The SMILES string of the molecule is C=CCCC(C)(C)OC(=O)OC(=O)O. The van der Waals surface area contributed by atoms with Crippen molar-refractivity contribution in [2.45, 2.75) is 32.3 Å². The third kappa shape index (κ3) is 6.05. The van der Waals surface area contributed by atoms with Gasteiger partial charge in [0, 0.05) is 0 Å². The van der Waals surface area contributed by atoms with Gasteiger partial charge in [0.1, 0.15) is 5.60 Å². The summed E-state index contributed by atoms with van der Waals surface area (Å²) in [4.78, 5) is 20.8. The van der Waals surface area contributed by atoms with E-state index in [1.807, 2.05) is 0 Å². The average molecular weight is 202 g/mol. The maximum absolute atomic E-state index is 10.8. The lowest BCUT2D eigenvalue weighted by Crippen LogP contribution is -2.29. The van der Waals surface area contributed by atoms with Gasteiger partial charge in [-0.25, -0.2) is 9.59 Å². The van der Waals surface area contributed by atoms with Crippen LogP contribution in [-0.2, 0) is 9.47 Å². The zero-order chi connectivity index (χ0) is 11.2. The third-order valence-corrected chi connectivity index (χ3v) is 1.48. The Morgan fingerprint density at radius 3 is 2.50 bits per heavy atom. The largest absolute Gasteiger partial charge is 0.519 e. The Kier molecular flexibility index (Phi) is 4.69. The van der Waals surface area contributed by atoms with Gasteiger partial charge in [-0.05, 0) is 26.7 Å². The Hall–Kier alpha value is -1.52. The number of carbonyl (C=O) groups excluding carboxylic acids is 1. The van der Waals surface area contributed by atoms with E-state index < -0.39 is 17.9 Å². The molecule has 14 heavy (non-hydrogen) atoms. The summed E-state index contributed by atoms with van der Waals surface area (Å²) in [6.07, 6.45) is 0.0488. The molecular formula is C9H14O5. The van der Waals surface area contributed by atoms with Gasteiger partial charge in [-0.1, -0.05) is 6.08 Å². The molecule has 0 bridgehead atoms. The highest BCUT2D eigenvalue weighted by Crippen LogP contribution is 2.17. The number of rotatable bonds is 4. The van der Waals surface area contributed by atoms with Crippen molar-refractivity contribution >= 4 is 12.3 Å². The van der Waals surface area contributed by atoms with Gasteiger partial charge < -0.3 is 14.6 Å². The molecule has 5 heteroatoms. The lowest BCUT2D eigenvalue weighted by Gasteiger charge is -2.22. The minimum atomic E-state index is -1.67. The number of allylic oxidation sites excluding steroid dienone is 1. The van der Waals surface area contributed by atoms with Crippen molar-refractivity contribution in [1.82, 2.24) is 0 Å². The minimum Gasteiger partial charge on any atom is -0.449 e. The van der Waals surface area contributed by atoms with Crippen LogP contribution in [0.15, 0.2) is 12.7 Å². The molecule has 0 aromatic heterocycles. The zero-order valence-electron chi connectivity index (χ0n) is 8.28. The lowest BCUT2D eigenvalue weighted by molar-refractivity contribution is -0.0126. The van der Waals surface area contributed by atoms with Crippen LogP contribution in [0.5, 0.6) is 0 Å². The Morgan fingerprint density at radius 2 is 2.07 bits per heavy atom. The fourth-order valence-electron chi connectivity index (χ4n) is 0.818. The van der Waals surface area contributed by atoms with Crippen LogP contribution in [0.4, 0.5) is 9.59 Å². The number of hydrogen-bond acceptors (Lipinski definition) is 4. The summed E-state index contributed by atoms with van der Waals surface area (Å²) in [5.41, 5.74) is -0.749. The highest BCUT2D eigenvalue weighted by molar-refractivity contribution is 5.75. The molecule has 0 aromatic carbocycles. The van der Waals surface area contributed by atoms with Crippen molar-refractivity contribution in [2.75, 3.05) is 0 Å². The number of ether oxygens (including phenoxy) is 2. The van der Waals surface area contributed by atoms with E-state index in [1.165, 1.54) is 0 Å². The molecule has 0 amide bonds. The summed E-state index contributed by atoms with van der Waals surface area (Å²) in [6, 6.07) is 0. The molecule has 5 nitrogen and oxygen atoms in total. The summed E-state index contributed by atoms with van der Waals surface area (Å²) in [6.45, 7) is 6.86. The average Bonchev–Trinajstić information content (AvgIpc) is 1.98. The van der Waals surface area contributed by atoms with E-state index in [0.717, 1.165) is 0 Å². The number of carbonyl (C=O) groups is 2. The van der Waals surface area contributed by atoms with E-state index in [1.54, 1.807) is 19.9 Å². The maximum atomic E-state index is 10.8. The van der Waals surface area contributed by atoms with Crippen molar-refractivity contribution in [3.63, 3.8) is 0 Å². The first-order chi connectivity index (χ1) is 6.37. The second-order valence-corrected chi connectivity index (χ2v) is 3.31. The van der Waals surface area contributed by atoms with Gasteiger partial charge in [-0.15, -0.1) is 6.58 Å². The van der Waals surface area contributed by atoms with Gasteiger partial charge in [0.15, 0.2) is 0 Å². The van der Waals surface area contributed by atoms with Gasteiger partial charge in [0.25, 0.3) is 0 Å². The van der Waals surface area contributed by atoms with Crippen molar-refractivity contribution < 1.29 is 24.2 Å². The van der Waals surface area contributed by atoms with E-state index in [-0.39, 0.29) is 0 Å². The molecule has 0 aliphatic rings. The van der Waals surface area contributed by atoms with Gasteiger partial charge >= 0.3 is 12.3 Å². The molecule has 0 unspecified atom stereocenters. The van der Waals surface area contributed by atoms with Gasteiger partial charge in [0.2, 0.25) is 0 Å². The molecule has 0 fully saturated rings. The quantitative estimate of drug-likeness (QED) is 0.431. The first-order valence-corrected chi connectivity index (χ1v) is 4.12. The monoisotopic (exact) mass is 202 g/mol. The van der Waals surface area contributed by atoms with Crippen LogP contribution < -0.4 is 0 Å². The first-order valence-electron chi connectivity index (χ1n) is 4.12. The molecule has 0 aliphatic heterocycles. The summed E-state index contributed by atoms with van der Waals surface area (Å²) >= 11 is 0. The van der Waals surface area contributed by atoms with Crippen molar-refractivity contribution in [3.8, 4) is 0 Å². The van der Waals surface area contributed by atoms with E-state index >= 15 is 0 Å². The molecule has 0 atom stereocenters. The highest BCUT2D eigenvalue weighted by atomic mass is 16.8.